The SMILES string of the molecule is Cc1cc(C)c([Si](C)(C)/C=C/CB2O[C@@H](C(=O)OC(C)C)[C@H](C(=O)OC(C)C)O2)c(C)c1. The maximum Gasteiger partial charge on any atom is 0.462 e. The minimum atomic E-state index is -1.86. The Morgan fingerprint density at radius 1 is 0.969 bits per heavy atom. The number of hydrogen-bond acceptors (Lipinski definition) is 6. The van der Waals surface area contributed by atoms with Crippen molar-refractivity contribution in [3.05, 3.63) is 40.6 Å². The van der Waals surface area contributed by atoms with Crippen molar-refractivity contribution in [2.45, 2.75) is 92.3 Å². The van der Waals surface area contributed by atoms with E-state index in [1.165, 1.54) is 21.9 Å². The smallest absolute Gasteiger partial charge is 0.461 e. The highest BCUT2D eigenvalue weighted by Crippen LogP contribution is 2.24. The van der Waals surface area contributed by atoms with Crippen LogP contribution in [-0.4, -0.2) is 51.5 Å². The van der Waals surface area contributed by atoms with Crippen LogP contribution in [0.5, 0.6) is 0 Å². The summed E-state index contributed by atoms with van der Waals surface area (Å²) in [6.45, 7) is 18.0. The topological polar surface area (TPSA) is 71.1 Å². The number of ether oxygens (including phenoxy) is 2. The monoisotopic (exact) mass is 460 g/mol. The normalized spacial score (nSPS) is 19.3. The van der Waals surface area contributed by atoms with Gasteiger partial charge in [0.05, 0.1) is 12.2 Å². The van der Waals surface area contributed by atoms with Crippen molar-refractivity contribution < 1.29 is 28.4 Å². The van der Waals surface area contributed by atoms with Gasteiger partial charge in [0.2, 0.25) is 0 Å². The molecule has 0 aromatic heterocycles. The van der Waals surface area contributed by atoms with Crippen LogP contribution in [0.3, 0.4) is 0 Å². The molecule has 176 valence electrons. The summed E-state index contributed by atoms with van der Waals surface area (Å²) in [7, 11) is -2.58. The molecule has 1 aliphatic rings. The van der Waals surface area contributed by atoms with Gasteiger partial charge in [-0.2, -0.15) is 0 Å². The first-order chi connectivity index (χ1) is 14.8. The van der Waals surface area contributed by atoms with Crippen molar-refractivity contribution in [2.75, 3.05) is 0 Å². The van der Waals surface area contributed by atoms with Crippen LogP contribution in [0.4, 0.5) is 0 Å². The van der Waals surface area contributed by atoms with Gasteiger partial charge in [-0.25, -0.2) is 9.59 Å². The second kappa shape index (κ2) is 10.8. The van der Waals surface area contributed by atoms with Gasteiger partial charge in [0.1, 0.15) is 8.07 Å². The second-order valence-electron chi connectivity index (χ2n) is 9.65. The average molecular weight is 460 g/mol. The largest absolute Gasteiger partial charge is 0.462 e. The van der Waals surface area contributed by atoms with Gasteiger partial charge in [0.25, 0.3) is 0 Å². The molecule has 0 saturated carbocycles. The lowest BCUT2D eigenvalue weighted by atomic mass is 9.85. The van der Waals surface area contributed by atoms with Crippen LogP contribution >= 0.6 is 0 Å². The fraction of sp³-hybridized carbons (Fsp3) is 0.583. The molecule has 1 heterocycles. The molecule has 8 heteroatoms. The highest BCUT2D eigenvalue weighted by atomic mass is 28.3. The molecule has 1 aromatic carbocycles. The number of rotatable bonds is 8. The number of carbonyl (C=O) groups excluding carboxylic acids is 2. The molecule has 2 atom stereocenters. The lowest BCUT2D eigenvalue weighted by molar-refractivity contribution is -0.167. The molecule has 1 fully saturated rings. The van der Waals surface area contributed by atoms with E-state index in [-0.39, 0.29) is 12.2 Å². The molecule has 0 radical (unpaired) electrons. The Bertz CT molecular complexity index is 811. The zero-order valence-corrected chi connectivity index (χ0v) is 21.9. The quantitative estimate of drug-likeness (QED) is 0.434. The molecular weight excluding hydrogens is 423 g/mol. The Labute approximate surface area is 193 Å². The highest BCUT2D eigenvalue weighted by molar-refractivity contribution is 6.94. The van der Waals surface area contributed by atoms with E-state index >= 15 is 0 Å². The van der Waals surface area contributed by atoms with Gasteiger partial charge in [0, 0.05) is 0 Å². The van der Waals surface area contributed by atoms with E-state index in [0.29, 0.717) is 6.32 Å². The van der Waals surface area contributed by atoms with Crippen LogP contribution in [-0.2, 0) is 28.4 Å². The molecule has 2 rings (SSSR count). The van der Waals surface area contributed by atoms with E-state index < -0.39 is 39.3 Å². The van der Waals surface area contributed by atoms with Gasteiger partial charge < -0.3 is 18.8 Å². The Morgan fingerprint density at radius 3 is 1.81 bits per heavy atom. The van der Waals surface area contributed by atoms with Gasteiger partial charge in [-0.15, -0.1) is 0 Å². The predicted octanol–water partition coefficient (Wildman–Crippen LogP) is 3.80. The van der Waals surface area contributed by atoms with Crippen LogP contribution in [0.15, 0.2) is 23.9 Å². The summed E-state index contributed by atoms with van der Waals surface area (Å²) < 4.78 is 22.1. The maximum absolute atomic E-state index is 12.5. The summed E-state index contributed by atoms with van der Waals surface area (Å²) >= 11 is 0. The number of esters is 2. The highest BCUT2D eigenvalue weighted by Gasteiger charge is 2.49. The Balaban J connectivity index is 2.14. The van der Waals surface area contributed by atoms with E-state index in [4.69, 9.17) is 18.8 Å². The Morgan fingerprint density at radius 2 is 1.41 bits per heavy atom. The average Bonchev–Trinajstić information content (AvgIpc) is 3.03. The molecular formula is C24H37BO6Si. The first-order valence-corrected chi connectivity index (χ1v) is 14.4. The second-order valence-corrected chi connectivity index (χ2v) is 13.9. The Hall–Kier alpha value is -1.90. The lowest BCUT2D eigenvalue weighted by Gasteiger charge is -2.24. The van der Waals surface area contributed by atoms with E-state index in [2.05, 4.69) is 51.7 Å². The third-order valence-corrected chi connectivity index (χ3v) is 8.37. The molecule has 0 N–H and O–H groups in total. The fourth-order valence-corrected chi connectivity index (χ4v) is 7.39. The predicted molar refractivity (Wildman–Crippen MR) is 130 cm³/mol. The third kappa shape index (κ3) is 6.80. The van der Waals surface area contributed by atoms with Gasteiger partial charge >= 0.3 is 19.1 Å². The lowest BCUT2D eigenvalue weighted by Crippen LogP contribution is -2.43. The summed E-state index contributed by atoms with van der Waals surface area (Å²) in [5, 5.41) is 1.42. The minimum Gasteiger partial charge on any atom is -0.461 e. The van der Waals surface area contributed by atoms with Crippen molar-refractivity contribution in [1.29, 1.82) is 0 Å². The zero-order valence-electron chi connectivity index (χ0n) is 20.9. The molecule has 1 saturated heterocycles. The maximum atomic E-state index is 12.5. The van der Waals surface area contributed by atoms with Crippen LogP contribution in [0, 0.1) is 20.8 Å². The molecule has 0 bridgehead atoms. The van der Waals surface area contributed by atoms with Gasteiger partial charge in [-0.3, -0.25) is 0 Å². The summed E-state index contributed by atoms with van der Waals surface area (Å²) in [6.07, 6.45) is -0.435. The minimum absolute atomic E-state index is 0.320. The molecule has 1 aliphatic heterocycles. The molecule has 0 aliphatic carbocycles. The molecule has 6 nitrogen and oxygen atoms in total. The van der Waals surface area contributed by atoms with Gasteiger partial charge in [-0.1, -0.05) is 53.7 Å². The van der Waals surface area contributed by atoms with Crippen molar-refractivity contribution >= 4 is 32.3 Å². The number of allylic oxidation sites excluding steroid dienone is 1. The number of benzene rings is 1. The molecule has 0 spiro atoms. The van der Waals surface area contributed by atoms with E-state index in [1.807, 2.05) is 6.08 Å². The van der Waals surface area contributed by atoms with Crippen molar-refractivity contribution in [1.82, 2.24) is 0 Å². The summed E-state index contributed by atoms with van der Waals surface area (Å²) in [5.74, 6) is -1.23. The zero-order chi connectivity index (χ0) is 24.2. The van der Waals surface area contributed by atoms with Crippen molar-refractivity contribution in [2.24, 2.45) is 0 Å². The van der Waals surface area contributed by atoms with Crippen molar-refractivity contribution in [3.8, 4) is 0 Å². The van der Waals surface area contributed by atoms with Crippen LogP contribution < -0.4 is 5.19 Å². The third-order valence-electron chi connectivity index (χ3n) is 5.22. The first kappa shape index (κ1) is 26.4. The summed E-state index contributed by atoms with van der Waals surface area (Å²) in [5.41, 5.74) is 6.14. The summed E-state index contributed by atoms with van der Waals surface area (Å²) in [4.78, 5) is 25.0. The van der Waals surface area contributed by atoms with E-state index in [0.717, 1.165) is 0 Å². The molecule has 0 unspecified atom stereocenters. The Kier molecular flexibility index (Phi) is 8.91. The van der Waals surface area contributed by atoms with E-state index in [1.54, 1.807) is 27.7 Å². The fourth-order valence-electron chi connectivity index (χ4n) is 4.32. The number of hydrogen-bond donors (Lipinski definition) is 0. The van der Waals surface area contributed by atoms with Gasteiger partial charge in [-0.05, 0) is 60.0 Å². The van der Waals surface area contributed by atoms with Gasteiger partial charge in [0.15, 0.2) is 12.2 Å². The molecule has 1 aromatic rings. The van der Waals surface area contributed by atoms with Crippen molar-refractivity contribution in [3.63, 3.8) is 0 Å². The molecule has 0 amide bonds. The standard InChI is InChI=1S/C24H37BO6Si/c1-15(2)28-23(26)20-21(24(27)29-16(3)4)31-25(30-20)11-10-12-32(8,9)22-18(6)13-17(5)14-19(22)7/h10,12-16,20-21H,11H2,1-9H3/b12-10+/t20-,21-/m1/s1. The van der Waals surface area contributed by atoms with Crippen LogP contribution in [0.2, 0.25) is 19.4 Å². The van der Waals surface area contributed by atoms with Crippen LogP contribution in [0.25, 0.3) is 0 Å². The van der Waals surface area contributed by atoms with Crippen LogP contribution in [0.1, 0.15) is 44.4 Å². The first-order valence-electron chi connectivity index (χ1n) is 11.3. The number of carbonyl (C=O) groups is 2. The van der Waals surface area contributed by atoms with E-state index in [9.17, 15) is 9.59 Å². The number of aryl methyl sites for hydroxylation is 3. The molecule has 32 heavy (non-hydrogen) atoms. The summed E-state index contributed by atoms with van der Waals surface area (Å²) in [6, 6.07) is 4.45.